The van der Waals surface area contributed by atoms with Crippen molar-refractivity contribution in [2.24, 2.45) is 0 Å². The average molecular weight is 1440 g/mol. The van der Waals surface area contributed by atoms with Crippen molar-refractivity contribution in [2.45, 2.75) is 119 Å². The summed E-state index contributed by atoms with van der Waals surface area (Å²) in [5.74, 6) is 5.82. The van der Waals surface area contributed by atoms with E-state index in [1.165, 1.54) is 146 Å². The molecule has 0 spiro atoms. The van der Waals surface area contributed by atoms with E-state index in [2.05, 4.69) is 346 Å². The molecule has 0 N–H and O–H groups in total. The van der Waals surface area contributed by atoms with Gasteiger partial charge in [-0.1, -0.05) is 265 Å². The molecule has 0 unspecified atom stereocenters. The molecule has 0 aliphatic heterocycles. The second kappa shape index (κ2) is 28.7. The van der Waals surface area contributed by atoms with E-state index in [0.29, 0.717) is 11.8 Å². The number of hydrogen-bond donors (Lipinski definition) is 0. The van der Waals surface area contributed by atoms with Crippen LogP contribution < -0.4 is 4.74 Å². The number of benzene rings is 12. The molecular weight excluding hydrogens is 1350 g/mol. The Morgan fingerprint density at radius 1 is 0.250 bits per heavy atom. The molecule has 0 atom stereocenters. The second-order valence-electron chi connectivity index (χ2n) is 30.7. The highest BCUT2D eigenvalue weighted by atomic mass is 32.1. The van der Waals surface area contributed by atoms with Gasteiger partial charge in [-0.05, 0) is 185 Å². The Hall–Kier alpha value is -11.5. The third kappa shape index (κ3) is 12.6. The molecule has 0 aliphatic carbocycles. The first-order chi connectivity index (χ1) is 52.5. The lowest BCUT2D eigenvalue weighted by Gasteiger charge is -2.24. The predicted molar refractivity (Wildman–Crippen MR) is 458 cm³/mol. The summed E-state index contributed by atoms with van der Waals surface area (Å²) in [6.45, 7) is 27.6. The van der Waals surface area contributed by atoms with Crippen LogP contribution in [0.2, 0.25) is 0 Å². The van der Waals surface area contributed by atoms with Gasteiger partial charge in [-0.15, -0.1) is 22.7 Å². The summed E-state index contributed by atoms with van der Waals surface area (Å²) in [5.41, 5.74) is 26.7. The fourth-order valence-corrected chi connectivity index (χ4v) is 19.0. The van der Waals surface area contributed by atoms with Crippen LogP contribution in [0.3, 0.4) is 0 Å². The fourth-order valence-electron chi connectivity index (χ4n) is 16.3. The molecule has 17 aromatic rings. The zero-order chi connectivity index (χ0) is 74.2. The van der Waals surface area contributed by atoms with Crippen molar-refractivity contribution in [3.63, 3.8) is 0 Å². The number of imidazole rings is 3. The lowest BCUT2D eigenvalue weighted by molar-refractivity contribution is 0.483. The van der Waals surface area contributed by atoms with Crippen molar-refractivity contribution < 1.29 is 4.74 Å². The number of ether oxygens (including phenoxy) is 1. The van der Waals surface area contributed by atoms with E-state index < -0.39 is 0 Å². The molecule has 0 radical (unpaired) electrons. The molecule has 0 fully saturated rings. The molecule has 0 bridgehead atoms. The van der Waals surface area contributed by atoms with Gasteiger partial charge < -0.3 is 4.74 Å². The van der Waals surface area contributed by atoms with Crippen LogP contribution in [-0.4, -0.2) is 28.7 Å². The molecule has 9 heteroatoms. The van der Waals surface area contributed by atoms with Gasteiger partial charge in [-0.25, -0.2) is 15.0 Å². The standard InChI is InChI=1S/C99H88N6OS2/c1-59(2)76-35-20-36-77(60(3)4)90(76)103-48-46-101-98(103)70-31-18-33-74(53-70)106-75-34-19-32-71(54-75)99-102-47-50-105(99)92-88(63(9)10)57-73(58-89(92)64(11)12)81-40-24-44-85-83-42-22-38-79(94(83)108-96(81)85)69-30-17-28-67(52-69)66-27-16-29-68(51-66)78-37-21-41-82-84-43-23-39-80(95(84)107-93(78)82)72-55-86(61(5)6)91(87(56-72)62(7)8)104-49-45-100-97(104)65-25-14-13-15-26-65/h13-64H,1-12H3. The van der Waals surface area contributed by atoms with Gasteiger partial charge in [0.15, 0.2) is 0 Å². The molecule has 0 amide bonds. The fraction of sp³-hybridized carbons (Fsp3) is 0.182. The first kappa shape index (κ1) is 69.5. The monoisotopic (exact) mass is 1440 g/mol. The van der Waals surface area contributed by atoms with E-state index >= 15 is 0 Å². The minimum absolute atomic E-state index is 0.205. The number of para-hydroxylation sites is 1. The second-order valence-corrected chi connectivity index (χ2v) is 32.7. The first-order valence-corrected chi connectivity index (χ1v) is 39.8. The molecule has 5 heterocycles. The van der Waals surface area contributed by atoms with Gasteiger partial charge in [0.2, 0.25) is 0 Å². The highest BCUT2D eigenvalue weighted by molar-refractivity contribution is 7.27. The third-order valence-corrected chi connectivity index (χ3v) is 24.2. The van der Waals surface area contributed by atoms with Gasteiger partial charge in [0, 0.05) is 94.2 Å². The van der Waals surface area contributed by atoms with Gasteiger partial charge in [0.05, 0.1) is 17.1 Å². The zero-order valence-corrected chi connectivity index (χ0v) is 65.1. The predicted octanol–water partition coefficient (Wildman–Crippen LogP) is 28.8. The lowest BCUT2D eigenvalue weighted by Crippen LogP contribution is -2.08. The Balaban J connectivity index is 0.676. The van der Waals surface area contributed by atoms with Gasteiger partial charge in [-0.2, -0.15) is 0 Å². The maximum atomic E-state index is 6.77. The van der Waals surface area contributed by atoms with Gasteiger partial charge in [-0.3, -0.25) is 13.7 Å². The van der Waals surface area contributed by atoms with Crippen LogP contribution in [0.4, 0.5) is 0 Å². The van der Waals surface area contributed by atoms with E-state index in [4.69, 9.17) is 19.7 Å². The van der Waals surface area contributed by atoms with Crippen LogP contribution in [0.1, 0.15) is 152 Å². The SMILES string of the molecule is CC(C)c1cccc(C(C)C)c1-n1ccnc1-c1cccc(Oc2cccc(-c3nccn3-c3c(C(C)C)cc(-c4cccc5c4sc4c(-c6cccc(-c7cccc(-c8cccc9c8sc8c(-c%10cc(C(C)C)c(-n%11ccnc%11-c%11ccccc%11)c(C(C)C)c%10)cccc89)c7)c6)cccc45)cc3C(C)C)c2)c1. The van der Waals surface area contributed by atoms with Crippen LogP contribution in [0.5, 0.6) is 11.5 Å². The summed E-state index contributed by atoms with van der Waals surface area (Å²) in [6.07, 6.45) is 12.1. The zero-order valence-electron chi connectivity index (χ0n) is 63.4. The molecule has 17 rings (SSSR count). The molecular formula is C99H88N6OS2. The summed E-state index contributed by atoms with van der Waals surface area (Å²) >= 11 is 3.83. The number of hydrogen-bond acceptors (Lipinski definition) is 6. The van der Waals surface area contributed by atoms with Crippen LogP contribution in [-0.2, 0) is 0 Å². The number of nitrogens with zero attached hydrogens (tertiary/aromatic N) is 6. The minimum atomic E-state index is 0.205. The molecule has 0 aliphatic rings. The highest BCUT2D eigenvalue weighted by Gasteiger charge is 2.27. The summed E-state index contributed by atoms with van der Waals surface area (Å²) in [6, 6.07) is 89.5. The van der Waals surface area contributed by atoms with Gasteiger partial charge in [0.25, 0.3) is 0 Å². The molecule has 0 saturated heterocycles. The smallest absolute Gasteiger partial charge is 0.144 e. The number of fused-ring (bicyclic) bond motifs is 6. The number of thiophene rings is 2. The lowest BCUT2D eigenvalue weighted by atomic mass is 9.88. The van der Waals surface area contributed by atoms with Crippen molar-refractivity contribution in [1.82, 2.24) is 28.7 Å². The maximum Gasteiger partial charge on any atom is 0.144 e. The van der Waals surface area contributed by atoms with Crippen LogP contribution in [0.15, 0.2) is 280 Å². The Kier molecular flexibility index (Phi) is 18.5. The molecule has 108 heavy (non-hydrogen) atoms. The molecule has 7 nitrogen and oxygen atoms in total. The number of aromatic nitrogens is 6. The number of rotatable bonds is 19. The first-order valence-electron chi connectivity index (χ1n) is 38.2. The highest BCUT2D eigenvalue weighted by Crippen LogP contribution is 2.50. The molecule has 0 saturated carbocycles. The average Bonchev–Trinajstić information content (AvgIpc) is 1.62. The minimum Gasteiger partial charge on any atom is -0.457 e. The van der Waals surface area contributed by atoms with E-state index in [1.807, 2.05) is 53.4 Å². The van der Waals surface area contributed by atoms with Crippen molar-refractivity contribution in [3.8, 4) is 118 Å². The van der Waals surface area contributed by atoms with Crippen LogP contribution in [0, 0.1) is 0 Å². The quantitative estimate of drug-likeness (QED) is 0.0809. The molecule has 5 aromatic heterocycles. The largest absolute Gasteiger partial charge is 0.457 e. The van der Waals surface area contributed by atoms with Crippen LogP contribution >= 0.6 is 22.7 Å². The molecule has 12 aromatic carbocycles. The van der Waals surface area contributed by atoms with E-state index in [9.17, 15) is 0 Å². The van der Waals surface area contributed by atoms with Crippen molar-refractivity contribution >= 4 is 63.0 Å². The van der Waals surface area contributed by atoms with Gasteiger partial charge in [0.1, 0.15) is 29.0 Å². The van der Waals surface area contributed by atoms with Crippen molar-refractivity contribution in [3.05, 3.63) is 313 Å². The van der Waals surface area contributed by atoms with E-state index in [0.717, 1.165) is 45.7 Å². The summed E-state index contributed by atoms with van der Waals surface area (Å²) in [5, 5.41) is 5.12. The Morgan fingerprint density at radius 2 is 0.537 bits per heavy atom. The van der Waals surface area contributed by atoms with E-state index in [1.54, 1.807) is 0 Å². The summed E-state index contributed by atoms with van der Waals surface area (Å²) in [4.78, 5) is 15.0. The third-order valence-electron chi connectivity index (χ3n) is 21.6. The van der Waals surface area contributed by atoms with Gasteiger partial charge >= 0.3 is 0 Å². The van der Waals surface area contributed by atoms with Crippen molar-refractivity contribution in [2.75, 3.05) is 0 Å². The summed E-state index contributed by atoms with van der Waals surface area (Å²) < 4.78 is 18.8. The topological polar surface area (TPSA) is 62.7 Å². The van der Waals surface area contributed by atoms with Crippen LogP contribution in [0.25, 0.3) is 147 Å². The van der Waals surface area contributed by atoms with E-state index in [-0.39, 0.29) is 23.7 Å². The Labute approximate surface area is 642 Å². The Morgan fingerprint density at radius 3 is 0.898 bits per heavy atom. The normalized spacial score (nSPS) is 12.0. The molecule has 532 valence electrons. The van der Waals surface area contributed by atoms with Crippen molar-refractivity contribution in [1.29, 1.82) is 0 Å². The maximum absolute atomic E-state index is 6.77. The summed E-state index contributed by atoms with van der Waals surface area (Å²) in [7, 11) is 0. The Bertz CT molecular complexity index is 6180.